The quantitative estimate of drug-likeness (QED) is 0.887. The van der Waals surface area contributed by atoms with E-state index in [0.29, 0.717) is 5.75 Å². The molecule has 2 amide bonds. The van der Waals surface area contributed by atoms with Crippen LogP contribution in [0.25, 0.3) is 0 Å². The maximum atomic E-state index is 12.4. The molecule has 4 nitrogen and oxygen atoms in total. The summed E-state index contributed by atoms with van der Waals surface area (Å²) in [6.07, 6.45) is 0. The van der Waals surface area contributed by atoms with Crippen LogP contribution in [0.5, 0.6) is 0 Å². The number of anilines is 2. The smallest absolute Gasteiger partial charge is 0.238 e. The molecule has 1 fully saturated rings. The number of benzene rings is 2. The number of aryl methyl sites for hydroxylation is 1. The van der Waals surface area contributed by atoms with E-state index in [4.69, 9.17) is 0 Å². The summed E-state index contributed by atoms with van der Waals surface area (Å²) in [5, 5.41) is 2.85. The minimum Gasteiger partial charge on any atom is -0.326 e. The van der Waals surface area contributed by atoms with E-state index < -0.39 is 0 Å². The van der Waals surface area contributed by atoms with Gasteiger partial charge in [-0.05, 0) is 42.3 Å². The summed E-state index contributed by atoms with van der Waals surface area (Å²) >= 11 is 1.63. The highest BCUT2D eigenvalue weighted by molar-refractivity contribution is 8.00. The SMILES string of the molecule is Cc1cccc(N2C(=O)CS[C@H]2c2ccc(NC(=O)C(C)C)cc2)c1. The molecular formula is C20H22N2O2S. The van der Waals surface area contributed by atoms with Crippen LogP contribution in [0, 0.1) is 12.8 Å². The number of carbonyl (C=O) groups excluding carboxylic acids is 2. The molecular weight excluding hydrogens is 332 g/mol. The summed E-state index contributed by atoms with van der Waals surface area (Å²) in [5.41, 5.74) is 3.89. The van der Waals surface area contributed by atoms with E-state index >= 15 is 0 Å². The molecule has 0 radical (unpaired) electrons. The normalized spacial score (nSPS) is 17.2. The first-order chi connectivity index (χ1) is 12.0. The van der Waals surface area contributed by atoms with Gasteiger partial charge in [-0.1, -0.05) is 38.1 Å². The lowest BCUT2D eigenvalue weighted by molar-refractivity contribution is -0.119. The molecule has 1 heterocycles. The van der Waals surface area contributed by atoms with Crippen LogP contribution in [0.1, 0.15) is 30.3 Å². The Kier molecular flexibility index (Phi) is 5.13. The molecule has 0 saturated carbocycles. The Labute approximate surface area is 152 Å². The fraction of sp³-hybridized carbons (Fsp3) is 0.300. The molecule has 1 N–H and O–H groups in total. The van der Waals surface area contributed by atoms with Gasteiger partial charge in [0.2, 0.25) is 11.8 Å². The molecule has 130 valence electrons. The van der Waals surface area contributed by atoms with Crippen LogP contribution in [0.2, 0.25) is 0 Å². The van der Waals surface area contributed by atoms with Crippen molar-refractivity contribution in [3.63, 3.8) is 0 Å². The number of hydrogen-bond acceptors (Lipinski definition) is 3. The molecule has 0 unspecified atom stereocenters. The van der Waals surface area contributed by atoms with Gasteiger partial charge in [-0.2, -0.15) is 0 Å². The zero-order valence-corrected chi connectivity index (χ0v) is 15.5. The number of nitrogens with zero attached hydrogens (tertiary/aromatic N) is 1. The minimum absolute atomic E-state index is 0.000411. The lowest BCUT2D eigenvalue weighted by Crippen LogP contribution is -2.27. The van der Waals surface area contributed by atoms with Gasteiger partial charge in [-0.3, -0.25) is 14.5 Å². The molecule has 1 aliphatic heterocycles. The predicted molar refractivity (Wildman–Crippen MR) is 104 cm³/mol. The number of thioether (sulfide) groups is 1. The highest BCUT2D eigenvalue weighted by Gasteiger charge is 2.34. The molecule has 2 aromatic carbocycles. The number of rotatable bonds is 4. The van der Waals surface area contributed by atoms with Gasteiger partial charge in [-0.15, -0.1) is 11.8 Å². The van der Waals surface area contributed by atoms with Gasteiger partial charge in [0.05, 0.1) is 5.75 Å². The fourth-order valence-corrected chi connectivity index (χ4v) is 3.92. The van der Waals surface area contributed by atoms with Gasteiger partial charge in [0.25, 0.3) is 0 Å². The average Bonchev–Trinajstić information content (AvgIpc) is 2.97. The van der Waals surface area contributed by atoms with Gasteiger partial charge in [0.15, 0.2) is 0 Å². The van der Waals surface area contributed by atoms with Crippen molar-refractivity contribution < 1.29 is 9.59 Å². The summed E-state index contributed by atoms with van der Waals surface area (Å²) in [7, 11) is 0. The molecule has 0 aromatic heterocycles. The second-order valence-electron chi connectivity index (χ2n) is 6.53. The lowest BCUT2D eigenvalue weighted by atomic mass is 10.1. The van der Waals surface area contributed by atoms with Crippen molar-refractivity contribution >= 4 is 35.0 Å². The maximum absolute atomic E-state index is 12.4. The number of amides is 2. The van der Waals surface area contributed by atoms with E-state index in [2.05, 4.69) is 5.32 Å². The summed E-state index contributed by atoms with van der Waals surface area (Å²) in [6, 6.07) is 15.8. The van der Waals surface area contributed by atoms with Crippen molar-refractivity contribution in [3.8, 4) is 0 Å². The molecule has 0 aliphatic carbocycles. The first-order valence-electron chi connectivity index (χ1n) is 8.37. The third-order valence-corrected chi connectivity index (χ3v) is 5.35. The van der Waals surface area contributed by atoms with Crippen LogP contribution in [0.15, 0.2) is 48.5 Å². The van der Waals surface area contributed by atoms with E-state index in [0.717, 1.165) is 22.5 Å². The van der Waals surface area contributed by atoms with Crippen molar-refractivity contribution in [2.45, 2.75) is 26.1 Å². The summed E-state index contributed by atoms with van der Waals surface area (Å²) < 4.78 is 0. The Morgan fingerprint density at radius 1 is 1.20 bits per heavy atom. The Hall–Kier alpha value is -2.27. The molecule has 2 aromatic rings. The van der Waals surface area contributed by atoms with Crippen molar-refractivity contribution in [3.05, 3.63) is 59.7 Å². The number of hydrogen-bond donors (Lipinski definition) is 1. The molecule has 5 heteroatoms. The molecule has 25 heavy (non-hydrogen) atoms. The lowest BCUT2D eigenvalue weighted by Gasteiger charge is -2.25. The standard InChI is InChI=1S/C20H22N2O2S/c1-13(2)19(24)21-16-9-7-15(8-10-16)20-22(18(23)12-25-20)17-6-4-5-14(3)11-17/h4-11,13,20H,12H2,1-3H3,(H,21,24)/t20-/m0/s1. The zero-order valence-electron chi connectivity index (χ0n) is 14.7. The first kappa shape index (κ1) is 17.5. The van der Waals surface area contributed by atoms with Crippen molar-refractivity contribution in [2.24, 2.45) is 5.92 Å². The monoisotopic (exact) mass is 354 g/mol. The van der Waals surface area contributed by atoms with Crippen LogP contribution in [0.3, 0.4) is 0 Å². The molecule has 0 bridgehead atoms. The van der Waals surface area contributed by atoms with Gasteiger partial charge >= 0.3 is 0 Å². The van der Waals surface area contributed by atoms with Crippen LogP contribution in [-0.2, 0) is 9.59 Å². The predicted octanol–water partition coefficient (Wildman–Crippen LogP) is 4.37. The molecule has 1 aliphatic rings. The van der Waals surface area contributed by atoms with Crippen LogP contribution in [0.4, 0.5) is 11.4 Å². The largest absolute Gasteiger partial charge is 0.326 e. The van der Waals surface area contributed by atoms with Gasteiger partial charge in [0.1, 0.15) is 5.37 Å². The second-order valence-corrected chi connectivity index (χ2v) is 7.60. The molecule has 1 saturated heterocycles. The van der Waals surface area contributed by atoms with Crippen molar-refractivity contribution in [1.82, 2.24) is 0 Å². The Balaban J connectivity index is 1.82. The maximum Gasteiger partial charge on any atom is 0.238 e. The fourth-order valence-electron chi connectivity index (χ4n) is 2.75. The second kappa shape index (κ2) is 7.31. The van der Waals surface area contributed by atoms with Gasteiger partial charge in [0, 0.05) is 17.3 Å². The highest BCUT2D eigenvalue weighted by Crippen LogP contribution is 2.42. The van der Waals surface area contributed by atoms with Crippen LogP contribution >= 0.6 is 11.8 Å². The first-order valence-corrected chi connectivity index (χ1v) is 9.42. The third kappa shape index (κ3) is 3.87. The zero-order chi connectivity index (χ0) is 18.0. The van der Waals surface area contributed by atoms with Gasteiger partial charge in [-0.25, -0.2) is 0 Å². The topological polar surface area (TPSA) is 49.4 Å². The van der Waals surface area contributed by atoms with Crippen molar-refractivity contribution in [2.75, 3.05) is 16.0 Å². The van der Waals surface area contributed by atoms with E-state index in [1.807, 2.05) is 74.2 Å². The minimum atomic E-state index is -0.0560. The van der Waals surface area contributed by atoms with Crippen molar-refractivity contribution in [1.29, 1.82) is 0 Å². The average molecular weight is 354 g/mol. The van der Waals surface area contributed by atoms with E-state index in [9.17, 15) is 9.59 Å². The Morgan fingerprint density at radius 3 is 2.56 bits per heavy atom. The molecule has 3 rings (SSSR count). The Bertz CT molecular complexity index is 787. The van der Waals surface area contributed by atoms with Gasteiger partial charge < -0.3 is 5.32 Å². The third-order valence-electron chi connectivity index (χ3n) is 4.14. The number of nitrogens with one attached hydrogen (secondary N) is 1. The summed E-state index contributed by atoms with van der Waals surface area (Å²) in [6.45, 7) is 5.76. The number of carbonyl (C=O) groups is 2. The van der Waals surface area contributed by atoms with E-state index in [1.165, 1.54) is 0 Å². The summed E-state index contributed by atoms with van der Waals surface area (Å²) in [4.78, 5) is 26.1. The molecule has 0 spiro atoms. The highest BCUT2D eigenvalue weighted by atomic mass is 32.2. The van der Waals surface area contributed by atoms with E-state index in [-0.39, 0.29) is 23.1 Å². The molecule has 1 atom stereocenters. The van der Waals surface area contributed by atoms with E-state index in [1.54, 1.807) is 11.8 Å². The van der Waals surface area contributed by atoms with Crippen LogP contribution < -0.4 is 10.2 Å². The van der Waals surface area contributed by atoms with Crippen LogP contribution in [-0.4, -0.2) is 17.6 Å². The Morgan fingerprint density at radius 2 is 1.92 bits per heavy atom. The summed E-state index contributed by atoms with van der Waals surface area (Å²) in [5.74, 6) is 0.543.